The summed E-state index contributed by atoms with van der Waals surface area (Å²) in [5.41, 5.74) is -0.423. The van der Waals surface area contributed by atoms with Crippen LogP contribution in [0.1, 0.15) is 44.9 Å². The summed E-state index contributed by atoms with van der Waals surface area (Å²) in [7, 11) is 0. The van der Waals surface area contributed by atoms with Gasteiger partial charge in [0, 0.05) is 30.6 Å². The number of thiophene rings is 1. The van der Waals surface area contributed by atoms with Crippen molar-refractivity contribution in [3.8, 4) is 0 Å². The lowest BCUT2D eigenvalue weighted by Crippen LogP contribution is -2.38. The molecule has 6 heteroatoms. The molecule has 1 atom stereocenters. The summed E-state index contributed by atoms with van der Waals surface area (Å²) in [5.74, 6) is 0. The lowest BCUT2D eigenvalue weighted by atomic mass is 10.1. The number of ether oxygens (including phenoxy) is 1. The Morgan fingerprint density at radius 2 is 2.18 bits per heavy atom. The number of amides is 1. The molecule has 1 amide bonds. The van der Waals surface area contributed by atoms with E-state index in [1.807, 2.05) is 25.7 Å². The Morgan fingerprint density at radius 3 is 2.82 bits per heavy atom. The van der Waals surface area contributed by atoms with Crippen molar-refractivity contribution in [1.29, 1.82) is 0 Å². The topological polar surface area (TPSA) is 41.6 Å². The van der Waals surface area contributed by atoms with Gasteiger partial charge in [0.2, 0.25) is 0 Å². The summed E-state index contributed by atoms with van der Waals surface area (Å²) in [6.45, 7) is 8.18. The van der Waals surface area contributed by atoms with Crippen LogP contribution >= 0.6 is 27.3 Å². The largest absolute Gasteiger partial charge is 0.444 e. The highest BCUT2D eigenvalue weighted by molar-refractivity contribution is 9.11. The maximum Gasteiger partial charge on any atom is 0.410 e. The zero-order valence-corrected chi connectivity index (χ0v) is 15.9. The van der Waals surface area contributed by atoms with Crippen LogP contribution in [0.25, 0.3) is 0 Å². The minimum absolute atomic E-state index is 0.185. The monoisotopic (exact) mass is 388 g/mol. The van der Waals surface area contributed by atoms with Crippen LogP contribution in [0.4, 0.5) is 4.79 Å². The standard InChI is InChI=1S/C16H25BrN2O2S/c1-16(2,3)21-15(20)19-9-4-5-12(8-10-19)18-11-13-6-7-14(17)22-13/h6-7,12,18H,4-5,8-11H2,1-3H3. The van der Waals surface area contributed by atoms with Gasteiger partial charge in [-0.1, -0.05) is 0 Å². The van der Waals surface area contributed by atoms with E-state index in [9.17, 15) is 4.79 Å². The second kappa shape index (κ2) is 7.79. The number of likely N-dealkylation sites (tertiary alicyclic amines) is 1. The van der Waals surface area contributed by atoms with E-state index in [-0.39, 0.29) is 6.09 Å². The molecule has 0 spiro atoms. The van der Waals surface area contributed by atoms with E-state index >= 15 is 0 Å². The van der Waals surface area contributed by atoms with E-state index in [2.05, 4.69) is 33.4 Å². The molecule has 4 nitrogen and oxygen atoms in total. The van der Waals surface area contributed by atoms with Crippen molar-refractivity contribution >= 4 is 33.4 Å². The molecule has 0 aliphatic carbocycles. The first-order chi connectivity index (χ1) is 10.3. The van der Waals surface area contributed by atoms with Crippen LogP contribution in [0.2, 0.25) is 0 Å². The van der Waals surface area contributed by atoms with Crippen LogP contribution in [0.15, 0.2) is 15.9 Å². The highest BCUT2D eigenvalue weighted by Gasteiger charge is 2.25. The first kappa shape index (κ1) is 17.8. The summed E-state index contributed by atoms with van der Waals surface area (Å²) in [5, 5.41) is 3.61. The molecular weight excluding hydrogens is 364 g/mol. The van der Waals surface area contributed by atoms with E-state index in [1.54, 1.807) is 11.3 Å². The lowest BCUT2D eigenvalue weighted by molar-refractivity contribution is 0.0256. The SMILES string of the molecule is CC(C)(C)OC(=O)N1CCCC(NCc2ccc(Br)s2)CC1. The van der Waals surface area contributed by atoms with Crippen LogP contribution in [0.5, 0.6) is 0 Å². The second-order valence-corrected chi connectivity index (χ2v) is 9.23. The van der Waals surface area contributed by atoms with Gasteiger partial charge in [-0.25, -0.2) is 4.79 Å². The Bertz CT molecular complexity index is 499. The molecule has 2 heterocycles. The summed E-state index contributed by atoms with van der Waals surface area (Å²) < 4.78 is 6.63. The molecule has 0 saturated carbocycles. The molecule has 1 aliphatic heterocycles. The quantitative estimate of drug-likeness (QED) is 0.834. The summed E-state index contributed by atoms with van der Waals surface area (Å²) >= 11 is 5.25. The van der Waals surface area contributed by atoms with Gasteiger partial charge in [-0.2, -0.15) is 0 Å². The number of carbonyl (C=O) groups is 1. The first-order valence-corrected chi connectivity index (χ1v) is 9.40. The zero-order chi connectivity index (χ0) is 16.2. The number of hydrogen-bond acceptors (Lipinski definition) is 4. The van der Waals surface area contributed by atoms with Crippen molar-refractivity contribution in [2.24, 2.45) is 0 Å². The third-order valence-corrected chi connectivity index (χ3v) is 5.20. The molecule has 22 heavy (non-hydrogen) atoms. The molecule has 1 aromatic heterocycles. The fraction of sp³-hybridized carbons (Fsp3) is 0.688. The van der Waals surface area contributed by atoms with Gasteiger partial charge in [-0.05, 0) is 68.1 Å². The van der Waals surface area contributed by atoms with Gasteiger partial charge in [0.05, 0.1) is 3.79 Å². The van der Waals surface area contributed by atoms with Crippen LogP contribution in [-0.4, -0.2) is 35.7 Å². The number of hydrogen-bond donors (Lipinski definition) is 1. The molecular formula is C16H25BrN2O2S. The molecule has 124 valence electrons. The van der Waals surface area contributed by atoms with Crippen molar-refractivity contribution < 1.29 is 9.53 Å². The average Bonchev–Trinajstić information content (AvgIpc) is 2.69. The molecule has 1 aromatic rings. The molecule has 2 rings (SSSR count). The summed E-state index contributed by atoms with van der Waals surface area (Å²) in [6, 6.07) is 4.69. The van der Waals surface area contributed by atoms with Crippen LogP contribution < -0.4 is 5.32 Å². The fourth-order valence-electron chi connectivity index (χ4n) is 2.50. The van der Waals surface area contributed by atoms with Gasteiger partial charge in [0.15, 0.2) is 0 Å². The Morgan fingerprint density at radius 1 is 1.41 bits per heavy atom. The average molecular weight is 389 g/mol. The normalized spacial score (nSPS) is 19.8. The predicted molar refractivity (Wildman–Crippen MR) is 94.3 cm³/mol. The lowest BCUT2D eigenvalue weighted by Gasteiger charge is -2.26. The third kappa shape index (κ3) is 5.89. The van der Waals surface area contributed by atoms with Gasteiger partial charge in [-0.3, -0.25) is 0 Å². The van der Waals surface area contributed by atoms with E-state index in [0.717, 1.165) is 38.9 Å². The van der Waals surface area contributed by atoms with E-state index in [1.165, 1.54) is 8.66 Å². The molecule has 1 unspecified atom stereocenters. The van der Waals surface area contributed by atoms with Crippen molar-refractivity contribution in [3.63, 3.8) is 0 Å². The van der Waals surface area contributed by atoms with E-state index in [4.69, 9.17) is 4.74 Å². The summed E-state index contributed by atoms with van der Waals surface area (Å²) in [6.07, 6.45) is 2.92. The second-order valence-electron chi connectivity index (χ2n) is 6.68. The van der Waals surface area contributed by atoms with Crippen molar-refractivity contribution in [1.82, 2.24) is 10.2 Å². The molecule has 1 saturated heterocycles. The number of nitrogens with one attached hydrogen (secondary N) is 1. The molecule has 1 fully saturated rings. The summed E-state index contributed by atoms with van der Waals surface area (Å²) in [4.78, 5) is 15.3. The fourth-order valence-corrected chi connectivity index (χ4v) is 3.94. The van der Waals surface area contributed by atoms with Crippen LogP contribution in [-0.2, 0) is 11.3 Å². The predicted octanol–water partition coefficient (Wildman–Crippen LogP) is 4.39. The van der Waals surface area contributed by atoms with Gasteiger partial charge in [0.25, 0.3) is 0 Å². The Hall–Kier alpha value is -0.590. The Balaban J connectivity index is 1.78. The van der Waals surface area contributed by atoms with E-state index in [0.29, 0.717) is 6.04 Å². The minimum atomic E-state index is -0.423. The minimum Gasteiger partial charge on any atom is -0.444 e. The molecule has 1 aliphatic rings. The van der Waals surface area contributed by atoms with Crippen molar-refractivity contribution in [3.05, 3.63) is 20.8 Å². The number of nitrogens with zero attached hydrogens (tertiary/aromatic N) is 1. The number of carbonyl (C=O) groups excluding carboxylic acids is 1. The molecule has 1 N–H and O–H groups in total. The van der Waals surface area contributed by atoms with Crippen molar-refractivity contribution in [2.45, 2.75) is 58.2 Å². The smallest absolute Gasteiger partial charge is 0.410 e. The van der Waals surface area contributed by atoms with Gasteiger partial charge >= 0.3 is 6.09 Å². The maximum atomic E-state index is 12.1. The van der Waals surface area contributed by atoms with Gasteiger partial charge in [0.1, 0.15) is 5.60 Å². The highest BCUT2D eigenvalue weighted by Crippen LogP contribution is 2.22. The van der Waals surface area contributed by atoms with E-state index < -0.39 is 5.60 Å². The first-order valence-electron chi connectivity index (χ1n) is 7.79. The number of rotatable bonds is 3. The van der Waals surface area contributed by atoms with Crippen molar-refractivity contribution in [2.75, 3.05) is 13.1 Å². The highest BCUT2D eigenvalue weighted by atomic mass is 79.9. The zero-order valence-electron chi connectivity index (χ0n) is 13.5. The van der Waals surface area contributed by atoms with Crippen LogP contribution in [0.3, 0.4) is 0 Å². The van der Waals surface area contributed by atoms with Gasteiger partial charge < -0.3 is 15.0 Å². The Kier molecular flexibility index (Phi) is 6.29. The molecule has 0 radical (unpaired) electrons. The third-order valence-electron chi connectivity index (χ3n) is 3.57. The maximum absolute atomic E-state index is 12.1. The van der Waals surface area contributed by atoms with Crippen LogP contribution in [0, 0.1) is 0 Å². The number of halogens is 1. The Labute approximate surface area is 145 Å². The molecule has 0 bridgehead atoms. The molecule has 0 aromatic carbocycles. The van der Waals surface area contributed by atoms with Gasteiger partial charge in [-0.15, -0.1) is 11.3 Å².